The van der Waals surface area contributed by atoms with Crippen molar-refractivity contribution in [2.45, 2.75) is 6.54 Å². The van der Waals surface area contributed by atoms with Crippen LogP contribution in [0.25, 0.3) is 0 Å². The first-order valence-corrected chi connectivity index (χ1v) is 9.38. The number of nitrogens with zero attached hydrogens (tertiary/aromatic N) is 3. The normalized spacial score (nSPS) is 17.6. The number of phenolic OH excluding ortho intramolecular Hbond substituents is 1. The maximum Gasteiger partial charge on any atom is 0.133 e. The molecule has 4 nitrogen and oxygen atoms in total. The second-order valence-electron chi connectivity index (χ2n) is 5.78. The Kier molecular flexibility index (Phi) is 6.98. The summed E-state index contributed by atoms with van der Waals surface area (Å²) < 4.78 is 2.11. The van der Waals surface area contributed by atoms with Crippen LogP contribution in [-0.4, -0.2) is 73.2 Å². The van der Waals surface area contributed by atoms with Crippen LogP contribution in [-0.2, 0) is 6.54 Å². The van der Waals surface area contributed by atoms with E-state index in [0.717, 1.165) is 41.9 Å². The average molecular weight is 515 g/mol. The van der Waals surface area contributed by atoms with Gasteiger partial charge in [0.15, 0.2) is 0 Å². The Morgan fingerprint density at radius 3 is 2.52 bits per heavy atom. The van der Waals surface area contributed by atoms with E-state index in [0.29, 0.717) is 5.75 Å². The van der Waals surface area contributed by atoms with Gasteiger partial charge in [-0.2, -0.15) is 0 Å². The molecule has 0 aromatic heterocycles. The van der Waals surface area contributed by atoms with Crippen LogP contribution in [0.15, 0.2) is 12.1 Å². The maximum atomic E-state index is 10.2. The number of hydrogen-bond donors (Lipinski definition) is 1. The van der Waals surface area contributed by atoms with Gasteiger partial charge in [0.1, 0.15) is 5.75 Å². The third-order valence-electron chi connectivity index (χ3n) is 3.94. The molecule has 1 saturated heterocycles. The molecular weight excluding hydrogens is 492 g/mol. The van der Waals surface area contributed by atoms with Crippen molar-refractivity contribution < 1.29 is 5.11 Å². The van der Waals surface area contributed by atoms with Gasteiger partial charge in [-0.25, -0.2) is 0 Å². The molecule has 0 amide bonds. The monoisotopic (exact) mass is 515 g/mol. The lowest BCUT2D eigenvalue weighted by Gasteiger charge is -2.33. The maximum absolute atomic E-state index is 10.2. The molecule has 6 heteroatoms. The summed E-state index contributed by atoms with van der Waals surface area (Å²) in [6.07, 6.45) is 0. The fourth-order valence-electron chi connectivity index (χ4n) is 2.49. The molecule has 0 atom stereocenters. The van der Waals surface area contributed by atoms with Crippen LogP contribution < -0.4 is 0 Å². The van der Waals surface area contributed by atoms with Gasteiger partial charge in [-0.15, -0.1) is 0 Å². The molecule has 0 bridgehead atoms. The predicted octanol–water partition coefficient (Wildman–Crippen LogP) is 2.28. The molecule has 2 rings (SSSR count). The highest BCUT2D eigenvalue weighted by molar-refractivity contribution is 14.1. The van der Waals surface area contributed by atoms with Gasteiger partial charge < -0.3 is 14.9 Å². The minimum absolute atomic E-state index is 0.433. The van der Waals surface area contributed by atoms with Crippen LogP contribution >= 0.6 is 45.2 Å². The third-order valence-corrected chi connectivity index (χ3v) is 5.39. The molecule has 1 fully saturated rings. The van der Waals surface area contributed by atoms with Crippen molar-refractivity contribution in [3.63, 3.8) is 0 Å². The molecule has 0 unspecified atom stereocenters. The van der Waals surface area contributed by atoms with E-state index in [1.54, 1.807) is 0 Å². The Balaban J connectivity index is 1.83. The van der Waals surface area contributed by atoms with Crippen molar-refractivity contribution in [3.05, 3.63) is 24.8 Å². The number of aromatic hydroxyl groups is 1. The Labute approximate surface area is 154 Å². The molecule has 0 aliphatic carbocycles. The van der Waals surface area contributed by atoms with Crippen molar-refractivity contribution in [1.29, 1.82) is 0 Å². The Morgan fingerprint density at radius 1 is 1.19 bits per heavy atom. The Morgan fingerprint density at radius 2 is 1.86 bits per heavy atom. The van der Waals surface area contributed by atoms with Gasteiger partial charge in [-0.3, -0.25) is 4.90 Å². The summed E-state index contributed by atoms with van der Waals surface area (Å²) in [5.41, 5.74) is 1.02. The molecule has 118 valence electrons. The zero-order valence-corrected chi connectivity index (χ0v) is 17.0. The van der Waals surface area contributed by atoms with Crippen LogP contribution in [0.1, 0.15) is 5.56 Å². The van der Waals surface area contributed by atoms with Crippen molar-refractivity contribution in [1.82, 2.24) is 14.7 Å². The predicted molar refractivity (Wildman–Crippen MR) is 104 cm³/mol. The second-order valence-corrected chi connectivity index (χ2v) is 8.19. The summed E-state index contributed by atoms with van der Waals surface area (Å²) in [7, 11) is 4.31. The summed E-state index contributed by atoms with van der Waals surface area (Å²) >= 11 is 4.50. The molecule has 1 aliphatic rings. The van der Waals surface area contributed by atoms with Gasteiger partial charge in [0.25, 0.3) is 0 Å². The van der Waals surface area contributed by atoms with Gasteiger partial charge >= 0.3 is 0 Å². The quantitative estimate of drug-likeness (QED) is 0.611. The van der Waals surface area contributed by atoms with Gasteiger partial charge in [0, 0.05) is 54.9 Å². The number of halogens is 2. The SMILES string of the molecule is CN1CCN(CCN(C)Cc2cc(I)cc(I)c2O)CC1. The number of piperazine rings is 1. The zero-order valence-electron chi connectivity index (χ0n) is 12.6. The van der Waals surface area contributed by atoms with Gasteiger partial charge in [0.2, 0.25) is 0 Å². The fraction of sp³-hybridized carbons (Fsp3) is 0.600. The lowest BCUT2D eigenvalue weighted by Crippen LogP contribution is -2.46. The molecule has 0 radical (unpaired) electrons. The summed E-state index contributed by atoms with van der Waals surface area (Å²) in [5, 5.41) is 10.2. The van der Waals surface area contributed by atoms with Crippen LogP contribution in [0.3, 0.4) is 0 Å². The van der Waals surface area contributed by atoms with Crippen LogP contribution in [0, 0.1) is 7.14 Å². The minimum Gasteiger partial charge on any atom is -0.507 e. The smallest absolute Gasteiger partial charge is 0.133 e. The lowest BCUT2D eigenvalue weighted by molar-refractivity contribution is 0.139. The summed E-state index contributed by atoms with van der Waals surface area (Å²) in [6.45, 7) is 7.59. The Bertz CT molecular complexity index is 476. The molecule has 1 aliphatic heterocycles. The second kappa shape index (κ2) is 8.28. The fourth-order valence-corrected chi connectivity index (χ4v) is 4.46. The summed E-state index contributed by atoms with van der Waals surface area (Å²) in [6, 6.07) is 4.08. The number of rotatable bonds is 5. The van der Waals surface area contributed by atoms with E-state index in [1.807, 2.05) is 6.07 Å². The Hall–Kier alpha value is 0.360. The van der Waals surface area contributed by atoms with Crippen molar-refractivity contribution in [2.75, 3.05) is 53.4 Å². The zero-order chi connectivity index (χ0) is 15.4. The van der Waals surface area contributed by atoms with E-state index < -0.39 is 0 Å². The average Bonchev–Trinajstić information content (AvgIpc) is 2.43. The minimum atomic E-state index is 0.433. The lowest BCUT2D eigenvalue weighted by atomic mass is 10.2. The number of hydrogen-bond acceptors (Lipinski definition) is 4. The van der Waals surface area contributed by atoms with E-state index in [1.165, 1.54) is 16.7 Å². The van der Waals surface area contributed by atoms with E-state index in [2.05, 4.69) is 80.0 Å². The topological polar surface area (TPSA) is 30.0 Å². The molecule has 1 N–H and O–H groups in total. The third kappa shape index (κ3) is 5.49. The first kappa shape index (κ1) is 17.7. The first-order valence-electron chi connectivity index (χ1n) is 7.22. The number of benzene rings is 1. The van der Waals surface area contributed by atoms with E-state index >= 15 is 0 Å². The standard InChI is InChI=1S/C15H23I2N3O/c1-18-3-6-20(7-4-18)8-5-19(2)11-12-9-13(16)10-14(17)15(12)21/h9-10,21H,3-8,11H2,1-2H3. The van der Waals surface area contributed by atoms with Crippen LogP contribution in [0.4, 0.5) is 0 Å². The van der Waals surface area contributed by atoms with E-state index in [-0.39, 0.29) is 0 Å². The molecule has 1 aromatic rings. The molecule has 1 heterocycles. The summed E-state index contributed by atoms with van der Waals surface area (Å²) in [4.78, 5) is 7.19. The number of phenols is 1. The number of likely N-dealkylation sites (N-methyl/N-ethyl adjacent to an activating group) is 2. The van der Waals surface area contributed by atoms with Gasteiger partial charge in [-0.1, -0.05) is 0 Å². The van der Waals surface area contributed by atoms with Crippen LogP contribution in [0.5, 0.6) is 5.75 Å². The summed E-state index contributed by atoms with van der Waals surface area (Å²) in [5.74, 6) is 0.433. The van der Waals surface area contributed by atoms with E-state index in [9.17, 15) is 5.11 Å². The highest BCUT2D eigenvalue weighted by atomic mass is 127. The van der Waals surface area contributed by atoms with Gasteiger partial charge in [0.05, 0.1) is 3.57 Å². The van der Waals surface area contributed by atoms with Crippen molar-refractivity contribution in [2.24, 2.45) is 0 Å². The highest BCUT2D eigenvalue weighted by Gasteiger charge is 2.15. The largest absolute Gasteiger partial charge is 0.507 e. The van der Waals surface area contributed by atoms with Crippen molar-refractivity contribution in [3.8, 4) is 5.75 Å². The first-order chi connectivity index (χ1) is 9.95. The molecular formula is C15H23I2N3O. The highest BCUT2D eigenvalue weighted by Crippen LogP contribution is 2.27. The molecule has 1 aromatic carbocycles. The molecule has 0 saturated carbocycles. The molecule has 21 heavy (non-hydrogen) atoms. The van der Waals surface area contributed by atoms with Crippen molar-refractivity contribution >= 4 is 45.2 Å². The van der Waals surface area contributed by atoms with Gasteiger partial charge in [-0.05, 0) is 71.4 Å². The van der Waals surface area contributed by atoms with Crippen LogP contribution in [0.2, 0.25) is 0 Å². The van der Waals surface area contributed by atoms with E-state index in [4.69, 9.17) is 0 Å². The molecule has 0 spiro atoms.